The Morgan fingerprint density at radius 2 is 2.08 bits per heavy atom. The van der Waals surface area contributed by atoms with Crippen molar-refractivity contribution in [1.82, 2.24) is 14.6 Å². The number of aromatic nitrogens is 1. The van der Waals surface area contributed by atoms with E-state index in [0.717, 1.165) is 5.56 Å². The zero-order valence-corrected chi connectivity index (χ0v) is 15.5. The van der Waals surface area contributed by atoms with E-state index >= 15 is 0 Å². The van der Waals surface area contributed by atoms with E-state index < -0.39 is 10.0 Å². The average molecular weight is 412 g/mol. The average Bonchev–Trinajstić information content (AvgIpc) is 2.55. The molecule has 0 atom stereocenters. The maximum atomic E-state index is 12.2. The zero-order valence-electron chi connectivity index (χ0n) is 13.1. The highest BCUT2D eigenvalue weighted by molar-refractivity contribution is 9.10. The van der Waals surface area contributed by atoms with Crippen molar-refractivity contribution in [3.63, 3.8) is 0 Å². The summed E-state index contributed by atoms with van der Waals surface area (Å²) in [5.41, 5.74) is 0.920. The van der Waals surface area contributed by atoms with E-state index in [-0.39, 0.29) is 23.8 Å². The molecule has 0 aliphatic heterocycles. The molecule has 24 heavy (non-hydrogen) atoms. The molecule has 0 fully saturated rings. The minimum Gasteiger partial charge on any atom is -0.341 e. The van der Waals surface area contributed by atoms with Gasteiger partial charge in [-0.15, -0.1) is 0 Å². The summed E-state index contributed by atoms with van der Waals surface area (Å²) in [6.07, 6.45) is 3.45. The van der Waals surface area contributed by atoms with E-state index in [1.54, 1.807) is 42.5 Å². The van der Waals surface area contributed by atoms with Gasteiger partial charge in [0, 0.05) is 43.4 Å². The highest BCUT2D eigenvalue weighted by Gasteiger charge is 2.15. The summed E-state index contributed by atoms with van der Waals surface area (Å²) in [4.78, 5) is 17.8. The largest absolute Gasteiger partial charge is 0.341 e. The van der Waals surface area contributed by atoms with Gasteiger partial charge in [0.2, 0.25) is 15.9 Å². The van der Waals surface area contributed by atoms with E-state index in [1.165, 1.54) is 12.1 Å². The molecule has 0 aliphatic carbocycles. The number of benzene rings is 1. The van der Waals surface area contributed by atoms with Crippen LogP contribution in [0.25, 0.3) is 0 Å². The molecule has 0 saturated carbocycles. The van der Waals surface area contributed by atoms with Gasteiger partial charge in [0.15, 0.2) is 0 Å². The van der Waals surface area contributed by atoms with Crippen LogP contribution in [-0.2, 0) is 21.4 Å². The summed E-state index contributed by atoms with van der Waals surface area (Å²) in [5.74, 6) is -0.143. The second kappa shape index (κ2) is 8.36. The van der Waals surface area contributed by atoms with Crippen LogP contribution in [0.15, 0.2) is 58.2 Å². The third-order valence-corrected chi connectivity index (χ3v) is 5.26. The van der Waals surface area contributed by atoms with Crippen LogP contribution < -0.4 is 4.72 Å². The van der Waals surface area contributed by atoms with E-state index in [2.05, 4.69) is 25.6 Å². The molecule has 1 aromatic carbocycles. The highest BCUT2D eigenvalue weighted by atomic mass is 79.9. The molecule has 8 heteroatoms. The molecule has 0 unspecified atom stereocenters. The number of amides is 1. The molecule has 1 amide bonds. The van der Waals surface area contributed by atoms with Crippen LogP contribution >= 0.6 is 15.9 Å². The number of hydrogen-bond donors (Lipinski definition) is 1. The van der Waals surface area contributed by atoms with Crippen molar-refractivity contribution in [3.8, 4) is 0 Å². The number of nitrogens with one attached hydrogen (secondary N) is 1. The van der Waals surface area contributed by atoms with Gasteiger partial charge in [-0.05, 0) is 29.8 Å². The first-order valence-corrected chi connectivity index (χ1v) is 9.54. The van der Waals surface area contributed by atoms with Gasteiger partial charge < -0.3 is 4.90 Å². The molecule has 0 bridgehead atoms. The molecule has 2 aromatic rings. The topological polar surface area (TPSA) is 79.4 Å². The third-order valence-electron chi connectivity index (χ3n) is 3.31. The summed E-state index contributed by atoms with van der Waals surface area (Å²) < 4.78 is 27.4. The summed E-state index contributed by atoms with van der Waals surface area (Å²) in [6.45, 7) is 0.482. The number of nitrogens with zero attached hydrogens (tertiary/aromatic N) is 2. The Morgan fingerprint density at radius 3 is 2.75 bits per heavy atom. The molecule has 0 radical (unpaired) electrons. The molecular formula is C16H18BrN3O3S. The Bertz CT molecular complexity index is 797. The monoisotopic (exact) mass is 411 g/mol. The standard InChI is InChI=1S/C16H18BrN3O3S/c1-20(12-13-4-3-8-18-11-13)16(21)7-9-19-24(22,23)15-6-2-5-14(17)10-15/h2-6,8,10-11,19H,7,9,12H2,1H3. The second-order valence-electron chi connectivity index (χ2n) is 5.22. The molecule has 0 saturated heterocycles. The summed E-state index contributed by atoms with van der Waals surface area (Å²) in [7, 11) is -1.95. The fourth-order valence-electron chi connectivity index (χ4n) is 2.05. The van der Waals surface area contributed by atoms with E-state index in [1.807, 2.05) is 6.07 Å². The molecule has 1 N–H and O–H groups in total. The number of sulfonamides is 1. The number of halogens is 1. The summed E-state index contributed by atoms with van der Waals surface area (Å²) >= 11 is 3.24. The smallest absolute Gasteiger partial charge is 0.240 e. The summed E-state index contributed by atoms with van der Waals surface area (Å²) in [6, 6.07) is 10.1. The lowest BCUT2D eigenvalue weighted by Crippen LogP contribution is -2.32. The first-order chi connectivity index (χ1) is 11.4. The minimum atomic E-state index is -3.62. The SMILES string of the molecule is CN(Cc1cccnc1)C(=O)CCNS(=O)(=O)c1cccc(Br)c1. The number of hydrogen-bond acceptors (Lipinski definition) is 4. The number of pyridine rings is 1. The lowest BCUT2D eigenvalue weighted by atomic mass is 10.2. The minimum absolute atomic E-state index is 0.0467. The molecule has 1 aromatic heterocycles. The Morgan fingerprint density at radius 1 is 1.29 bits per heavy atom. The highest BCUT2D eigenvalue weighted by Crippen LogP contribution is 2.15. The first kappa shape index (κ1) is 18.6. The normalized spacial score (nSPS) is 11.2. The van der Waals surface area contributed by atoms with Gasteiger partial charge in [0.05, 0.1) is 4.90 Å². The van der Waals surface area contributed by atoms with Crippen molar-refractivity contribution in [3.05, 3.63) is 58.8 Å². The molecule has 2 rings (SSSR count). The number of rotatable bonds is 7. The maximum Gasteiger partial charge on any atom is 0.240 e. The number of carbonyl (C=O) groups excluding carboxylic acids is 1. The van der Waals surface area contributed by atoms with Crippen LogP contribution in [0.5, 0.6) is 0 Å². The Kier molecular flexibility index (Phi) is 6.47. The van der Waals surface area contributed by atoms with Crippen molar-refractivity contribution < 1.29 is 13.2 Å². The quantitative estimate of drug-likeness (QED) is 0.756. The predicted molar refractivity (Wildman–Crippen MR) is 94.7 cm³/mol. The summed E-state index contributed by atoms with van der Waals surface area (Å²) in [5, 5.41) is 0. The predicted octanol–water partition coefficient (Wildman–Crippen LogP) is 2.17. The fraction of sp³-hybridized carbons (Fsp3) is 0.250. The van der Waals surface area contributed by atoms with Gasteiger partial charge in [-0.2, -0.15) is 0 Å². The van der Waals surface area contributed by atoms with Crippen molar-refractivity contribution in [2.75, 3.05) is 13.6 Å². The maximum absolute atomic E-state index is 12.2. The van der Waals surface area contributed by atoms with Crippen LogP contribution in [0.3, 0.4) is 0 Å². The van der Waals surface area contributed by atoms with Gasteiger partial charge in [0.25, 0.3) is 0 Å². The van der Waals surface area contributed by atoms with Crippen molar-refractivity contribution in [2.24, 2.45) is 0 Å². The third kappa shape index (κ3) is 5.40. The molecule has 128 valence electrons. The van der Waals surface area contributed by atoms with Gasteiger partial charge in [-0.3, -0.25) is 9.78 Å². The van der Waals surface area contributed by atoms with Crippen molar-refractivity contribution in [1.29, 1.82) is 0 Å². The van der Waals surface area contributed by atoms with E-state index in [0.29, 0.717) is 11.0 Å². The van der Waals surface area contributed by atoms with E-state index in [4.69, 9.17) is 0 Å². The Labute approximate surface area is 150 Å². The van der Waals surface area contributed by atoms with Crippen LogP contribution in [-0.4, -0.2) is 37.8 Å². The van der Waals surface area contributed by atoms with Gasteiger partial charge >= 0.3 is 0 Å². The lowest BCUT2D eigenvalue weighted by molar-refractivity contribution is -0.130. The van der Waals surface area contributed by atoms with Crippen LogP contribution in [0, 0.1) is 0 Å². The Hall–Kier alpha value is -1.77. The number of carbonyl (C=O) groups is 1. The van der Waals surface area contributed by atoms with Crippen LogP contribution in [0.2, 0.25) is 0 Å². The molecular weight excluding hydrogens is 394 g/mol. The van der Waals surface area contributed by atoms with Gasteiger partial charge in [0.1, 0.15) is 0 Å². The van der Waals surface area contributed by atoms with Gasteiger partial charge in [-0.25, -0.2) is 13.1 Å². The van der Waals surface area contributed by atoms with Crippen molar-refractivity contribution >= 4 is 31.9 Å². The second-order valence-corrected chi connectivity index (χ2v) is 7.90. The van der Waals surface area contributed by atoms with Crippen LogP contribution in [0.4, 0.5) is 0 Å². The molecule has 0 aliphatic rings. The van der Waals surface area contributed by atoms with E-state index in [9.17, 15) is 13.2 Å². The molecule has 1 heterocycles. The molecule has 6 nitrogen and oxygen atoms in total. The fourth-order valence-corrected chi connectivity index (χ4v) is 3.68. The lowest BCUT2D eigenvalue weighted by Gasteiger charge is -2.17. The Balaban J connectivity index is 1.85. The first-order valence-electron chi connectivity index (χ1n) is 7.26. The molecule has 0 spiro atoms. The van der Waals surface area contributed by atoms with Crippen LogP contribution in [0.1, 0.15) is 12.0 Å². The van der Waals surface area contributed by atoms with Gasteiger partial charge in [-0.1, -0.05) is 28.1 Å². The zero-order chi connectivity index (χ0) is 17.6. The van der Waals surface area contributed by atoms with Crippen molar-refractivity contribution in [2.45, 2.75) is 17.9 Å².